The Morgan fingerprint density at radius 1 is 1.07 bits per heavy atom. The number of pyridine rings is 1. The van der Waals surface area contributed by atoms with E-state index in [1.807, 2.05) is 0 Å². The van der Waals surface area contributed by atoms with E-state index in [0.29, 0.717) is 28.3 Å². The Balaban J connectivity index is 1.29. The quantitative estimate of drug-likeness (QED) is 0.309. The molecule has 3 aromatic rings. The van der Waals surface area contributed by atoms with Crippen LogP contribution in [0.15, 0.2) is 48.5 Å². The van der Waals surface area contributed by atoms with Crippen molar-refractivity contribution in [3.8, 4) is 28.5 Å². The van der Waals surface area contributed by atoms with Gasteiger partial charge in [0.15, 0.2) is 11.5 Å². The number of ether oxygens (including phenoxy) is 3. The number of carbonyl (C=O) groups excluding carboxylic acids is 1. The van der Waals surface area contributed by atoms with E-state index in [4.69, 9.17) is 19.2 Å². The van der Waals surface area contributed by atoms with Crippen molar-refractivity contribution < 1.29 is 36.6 Å². The lowest BCUT2D eigenvalue weighted by molar-refractivity contribution is -0.151. The van der Waals surface area contributed by atoms with Crippen molar-refractivity contribution in [1.82, 2.24) is 10.3 Å². The minimum Gasteiger partial charge on any atom is -0.493 e. The van der Waals surface area contributed by atoms with Gasteiger partial charge >= 0.3 is 6.18 Å². The SMILES string of the molecule is COc1cc(C(=O)NC[C@H](c2cc3c(c(-c4ccc(F)cc4)n2)OC[C@H]3C(F)(F)F)C2CC2)ccc1OC1CC1. The topological polar surface area (TPSA) is 69.7 Å². The van der Waals surface area contributed by atoms with Gasteiger partial charge < -0.3 is 19.5 Å². The minimum atomic E-state index is -4.50. The molecule has 2 heterocycles. The van der Waals surface area contributed by atoms with Crippen molar-refractivity contribution in [3.63, 3.8) is 0 Å². The summed E-state index contributed by atoms with van der Waals surface area (Å²) in [5, 5.41) is 2.94. The van der Waals surface area contributed by atoms with E-state index in [2.05, 4.69) is 5.32 Å². The van der Waals surface area contributed by atoms with E-state index in [9.17, 15) is 22.4 Å². The third kappa shape index (κ3) is 5.44. The van der Waals surface area contributed by atoms with Gasteiger partial charge in [-0.3, -0.25) is 4.79 Å². The van der Waals surface area contributed by atoms with Crippen LogP contribution in [-0.2, 0) is 0 Å². The number of alkyl halides is 3. The maximum absolute atomic E-state index is 13.9. The zero-order valence-corrected chi connectivity index (χ0v) is 21.8. The lowest BCUT2D eigenvalue weighted by Gasteiger charge is -2.21. The standard InChI is InChI=1S/C30H28F4N2O4/c1-38-26-12-18(6-11-25(26)40-20-9-10-20)29(37)35-14-22(16-2-3-16)24-13-21-23(30(32,33)34)15-39-28(21)27(36-24)17-4-7-19(31)8-5-17/h4-8,11-13,16,20,22-23H,2-3,9-10,14-15H2,1H3,(H,35,37)/t22-,23+/m0/s1. The molecule has 0 spiro atoms. The molecule has 1 aromatic heterocycles. The largest absolute Gasteiger partial charge is 0.493 e. The molecule has 1 N–H and O–H groups in total. The maximum atomic E-state index is 13.9. The van der Waals surface area contributed by atoms with Gasteiger partial charge in [-0.1, -0.05) is 0 Å². The van der Waals surface area contributed by atoms with E-state index in [1.165, 1.54) is 37.4 Å². The van der Waals surface area contributed by atoms with Gasteiger partial charge in [0, 0.05) is 34.8 Å². The van der Waals surface area contributed by atoms with Crippen LogP contribution in [0.3, 0.4) is 0 Å². The van der Waals surface area contributed by atoms with Crippen LogP contribution >= 0.6 is 0 Å². The van der Waals surface area contributed by atoms with E-state index >= 15 is 0 Å². The summed E-state index contributed by atoms with van der Waals surface area (Å²) < 4.78 is 72.1. The van der Waals surface area contributed by atoms with Crippen LogP contribution in [0.4, 0.5) is 17.6 Å². The third-order valence-corrected chi connectivity index (χ3v) is 7.60. The minimum absolute atomic E-state index is 0.0183. The summed E-state index contributed by atoms with van der Waals surface area (Å²) in [5.74, 6) is -1.62. The van der Waals surface area contributed by atoms with Crippen LogP contribution < -0.4 is 19.5 Å². The third-order valence-electron chi connectivity index (χ3n) is 7.60. The molecule has 2 atom stereocenters. The predicted octanol–water partition coefficient (Wildman–Crippen LogP) is 6.40. The molecule has 6 rings (SSSR count). The molecule has 210 valence electrons. The molecule has 6 nitrogen and oxygen atoms in total. The summed E-state index contributed by atoms with van der Waals surface area (Å²) in [6.45, 7) is -0.344. The average molecular weight is 557 g/mol. The number of carbonyl (C=O) groups is 1. The molecule has 2 aromatic carbocycles. The fourth-order valence-corrected chi connectivity index (χ4v) is 5.09. The maximum Gasteiger partial charge on any atom is 0.399 e. The first-order valence-corrected chi connectivity index (χ1v) is 13.3. The number of fused-ring (bicyclic) bond motifs is 1. The first-order chi connectivity index (χ1) is 19.2. The van der Waals surface area contributed by atoms with E-state index in [-0.39, 0.29) is 47.4 Å². The number of nitrogens with zero attached hydrogens (tertiary/aromatic N) is 1. The van der Waals surface area contributed by atoms with Crippen LogP contribution in [0.5, 0.6) is 17.2 Å². The summed E-state index contributed by atoms with van der Waals surface area (Å²) in [6.07, 6.45) is -0.583. The fraction of sp³-hybridized carbons (Fsp3) is 0.400. The molecule has 2 aliphatic carbocycles. The number of benzene rings is 2. The van der Waals surface area contributed by atoms with Crippen LogP contribution in [0.25, 0.3) is 11.3 Å². The van der Waals surface area contributed by atoms with Gasteiger partial charge in [0.1, 0.15) is 29.8 Å². The number of hydrogen-bond acceptors (Lipinski definition) is 5. The van der Waals surface area contributed by atoms with E-state index in [0.717, 1.165) is 25.7 Å². The summed E-state index contributed by atoms with van der Waals surface area (Å²) >= 11 is 0. The van der Waals surface area contributed by atoms with Gasteiger partial charge in [0.05, 0.1) is 13.2 Å². The first kappa shape index (κ1) is 26.4. The van der Waals surface area contributed by atoms with Gasteiger partial charge in [0.2, 0.25) is 0 Å². The normalized spacial score (nSPS) is 19.0. The Hall–Kier alpha value is -3.82. The second-order valence-corrected chi connectivity index (χ2v) is 10.6. The number of aromatic nitrogens is 1. The number of methoxy groups -OCH3 is 1. The number of halogens is 4. The molecule has 1 amide bonds. The molecule has 2 fully saturated rings. The van der Waals surface area contributed by atoms with Crippen LogP contribution in [0.1, 0.15) is 59.1 Å². The number of hydrogen-bond donors (Lipinski definition) is 1. The van der Waals surface area contributed by atoms with E-state index < -0.39 is 24.5 Å². The lowest BCUT2D eigenvalue weighted by Crippen LogP contribution is -2.30. The zero-order valence-electron chi connectivity index (χ0n) is 21.8. The van der Waals surface area contributed by atoms with Gasteiger partial charge in [-0.25, -0.2) is 9.37 Å². The molecule has 1 aliphatic heterocycles. The molecule has 0 radical (unpaired) electrons. The molecule has 0 saturated heterocycles. The first-order valence-electron chi connectivity index (χ1n) is 13.3. The Morgan fingerprint density at radius 2 is 1.82 bits per heavy atom. The number of amides is 1. The van der Waals surface area contributed by atoms with Crippen molar-refractivity contribution in [2.24, 2.45) is 5.92 Å². The van der Waals surface area contributed by atoms with Crippen molar-refractivity contribution >= 4 is 5.91 Å². The molecule has 3 aliphatic rings. The van der Waals surface area contributed by atoms with Crippen molar-refractivity contribution in [3.05, 3.63) is 71.2 Å². The second kappa shape index (κ2) is 10.3. The highest BCUT2D eigenvalue weighted by Gasteiger charge is 2.47. The van der Waals surface area contributed by atoms with Gasteiger partial charge in [-0.15, -0.1) is 0 Å². The highest BCUT2D eigenvalue weighted by molar-refractivity contribution is 5.95. The summed E-state index contributed by atoms with van der Waals surface area (Å²) in [6, 6.07) is 11.9. The number of nitrogens with one attached hydrogen (secondary N) is 1. The highest BCUT2D eigenvalue weighted by Crippen LogP contribution is 2.50. The molecule has 0 unspecified atom stereocenters. The molecule has 10 heteroatoms. The van der Waals surface area contributed by atoms with Crippen molar-refractivity contribution in [2.75, 3.05) is 20.3 Å². The van der Waals surface area contributed by atoms with Gasteiger partial charge in [-0.05, 0) is 80.1 Å². The van der Waals surface area contributed by atoms with Crippen LogP contribution in [-0.4, -0.2) is 43.4 Å². The van der Waals surface area contributed by atoms with Crippen molar-refractivity contribution in [2.45, 2.75) is 49.8 Å². The number of rotatable bonds is 9. The molecule has 2 saturated carbocycles. The Kier molecular flexibility index (Phi) is 6.80. The molecular formula is C30H28F4N2O4. The Labute approximate surface area is 228 Å². The molecular weight excluding hydrogens is 528 g/mol. The summed E-state index contributed by atoms with van der Waals surface area (Å²) in [5.41, 5.74) is 1.55. The predicted molar refractivity (Wildman–Crippen MR) is 138 cm³/mol. The average Bonchev–Trinajstić information content (AvgIpc) is 3.87. The Morgan fingerprint density at radius 3 is 2.48 bits per heavy atom. The van der Waals surface area contributed by atoms with Gasteiger partial charge in [0.25, 0.3) is 5.91 Å². The van der Waals surface area contributed by atoms with Gasteiger partial charge in [-0.2, -0.15) is 13.2 Å². The van der Waals surface area contributed by atoms with Crippen LogP contribution in [0.2, 0.25) is 0 Å². The van der Waals surface area contributed by atoms with Crippen molar-refractivity contribution in [1.29, 1.82) is 0 Å². The second-order valence-electron chi connectivity index (χ2n) is 10.6. The highest BCUT2D eigenvalue weighted by atomic mass is 19.4. The molecule has 0 bridgehead atoms. The lowest BCUT2D eigenvalue weighted by atomic mass is 9.92. The zero-order chi connectivity index (χ0) is 28.0. The monoisotopic (exact) mass is 556 g/mol. The summed E-state index contributed by atoms with van der Waals surface area (Å²) in [4.78, 5) is 17.8. The molecule has 40 heavy (non-hydrogen) atoms. The smallest absolute Gasteiger partial charge is 0.399 e. The Bertz CT molecular complexity index is 1420. The van der Waals surface area contributed by atoms with E-state index in [1.54, 1.807) is 18.2 Å². The van der Waals surface area contributed by atoms with Crippen LogP contribution in [0, 0.1) is 11.7 Å². The summed E-state index contributed by atoms with van der Waals surface area (Å²) in [7, 11) is 1.51. The fourth-order valence-electron chi connectivity index (χ4n) is 5.09.